The van der Waals surface area contributed by atoms with Crippen LogP contribution in [-0.4, -0.2) is 28.0 Å². The van der Waals surface area contributed by atoms with Crippen LogP contribution in [0.15, 0.2) is 18.5 Å². The third kappa shape index (κ3) is 3.84. The van der Waals surface area contributed by atoms with E-state index < -0.39 is 5.97 Å². The predicted molar refractivity (Wildman–Crippen MR) is 67.3 cm³/mol. The third-order valence-corrected chi connectivity index (χ3v) is 2.78. The zero-order valence-corrected chi connectivity index (χ0v) is 10.8. The van der Waals surface area contributed by atoms with Crippen molar-refractivity contribution in [2.24, 2.45) is 5.92 Å². The second kappa shape index (κ2) is 6.14. The molecular weight excluding hydrogens is 232 g/mol. The van der Waals surface area contributed by atoms with E-state index in [0.29, 0.717) is 5.56 Å². The first-order chi connectivity index (χ1) is 8.41. The van der Waals surface area contributed by atoms with Crippen molar-refractivity contribution in [2.75, 3.05) is 0 Å². The quantitative estimate of drug-likeness (QED) is 0.832. The smallest absolute Gasteiger partial charge is 0.305 e. The number of carbonyl (C=O) groups is 2. The van der Waals surface area contributed by atoms with Gasteiger partial charge in [-0.2, -0.15) is 0 Å². The fraction of sp³-hybridized carbons (Fsp3) is 0.462. The van der Waals surface area contributed by atoms with Gasteiger partial charge in [0, 0.05) is 24.0 Å². The molecule has 0 saturated carbocycles. The summed E-state index contributed by atoms with van der Waals surface area (Å²) in [6.07, 6.45) is 3.08. The van der Waals surface area contributed by atoms with Gasteiger partial charge in [0.25, 0.3) is 5.91 Å². The molecule has 0 aliphatic rings. The fourth-order valence-electron chi connectivity index (χ4n) is 1.62. The lowest BCUT2D eigenvalue weighted by Gasteiger charge is -2.21. The second-order valence-electron chi connectivity index (χ2n) is 4.61. The van der Waals surface area contributed by atoms with Crippen LogP contribution in [0.4, 0.5) is 0 Å². The van der Waals surface area contributed by atoms with Crippen molar-refractivity contribution in [1.82, 2.24) is 10.3 Å². The average molecular weight is 250 g/mol. The fourth-order valence-corrected chi connectivity index (χ4v) is 1.62. The van der Waals surface area contributed by atoms with E-state index in [2.05, 4.69) is 10.3 Å². The second-order valence-corrected chi connectivity index (χ2v) is 4.61. The Labute approximate surface area is 106 Å². The summed E-state index contributed by atoms with van der Waals surface area (Å²) in [5.41, 5.74) is 1.30. The van der Waals surface area contributed by atoms with E-state index in [9.17, 15) is 9.59 Å². The molecular formula is C13H18N2O3. The summed E-state index contributed by atoms with van der Waals surface area (Å²) in [5.74, 6) is -1.11. The van der Waals surface area contributed by atoms with Crippen LogP contribution in [0, 0.1) is 12.8 Å². The molecule has 0 aliphatic carbocycles. The minimum atomic E-state index is -0.916. The Kier molecular flexibility index (Phi) is 4.83. The molecule has 18 heavy (non-hydrogen) atoms. The minimum absolute atomic E-state index is 0.0622. The monoisotopic (exact) mass is 250 g/mol. The van der Waals surface area contributed by atoms with Crippen molar-refractivity contribution in [3.05, 3.63) is 29.6 Å². The Hall–Kier alpha value is -1.91. The van der Waals surface area contributed by atoms with Crippen LogP contribution < -0.4 is 5.32 Å². The van der Waals surface area contributed by atoms with Crippen molar-refractivity contribution in [3.8, 4) is 0 Å². The number of hydrogen-bond acceptors (Lipinski definition) is 3. The molecule has 2 N–H and O–H groups in total. The molecule has 0 spiro atoms. The van der Waals surface area contributed by atoms with Crippen molar-refractivity contribution in [1.29, 1.82) is 0 Å². The van der Waals surface area contributed by atoms with E-state index in [0.717, 1.165) is 5.56 Å². The van der Waals surface area contributed by atoms with Crippen LogP contribution in [0.3, 0.4) is 0 Å². The van der Waals surface area contributed by atoms with Gasteiger partial charge in [0.2, 0.25) is 0 Å². The number of pyridine rings is 1. The number of hydrogen-bond donors (Lipinski definition) is 2. The summed E-state index contributed by atoms with van der Waals surface area (Å²) in [5, 5.41) is 11.6. The molecule has 1 heterocycles. The Morgan fingerprint density at radius 3 is 2.61 bits per heavy atom. The molecule has 1 amide bonds. The number of aliphatic carboxylic acids is 1. The van der Waals surface area contributed by atoms with E-state index in [-0.39, 0.29) is 24.3 Å². The zero-order chi connectivity index (χ0) is 13.7. The first kappa shape index (κ1) is 14.2. The molecule has 0 radical (unpaired) electrons. The highest BCUT2D eigenvalue weighted by Gasteiger charge is 2.20. The Morgan fingerprint density at radius 2 is 2.11 bits per heavy atom. The minimum Gasteiger partial charge on any atom is -0.481 e. The normalized spacial score (nSPS) is 12.2. The molecule has 1 unspecified atom stereocenters. The number of amides is 1. The topological polar surface area (TPSA) is 79.3 Å². The number of nitrogens with zero attached hydrogens (tertiary/aromatic N) is 1. The van der Waals surface area contributed by atoms with E-state index in [1.807, 2.05) is 13.8 Å². The van der Waals surface area contributed by atoms with Gasteiger partial charge in [0.1, 0.15) is 0 Å². The van der Waals surface area contributed by atoms with E-state index in [4.69, 9.17) is 5.11 Å². The van der Waals surface area contributed by atoms with Gasteiger partial charge in [-0.05, 0) is 24.5 Å². The SMILES string of the molecule is Cc1cnccc1C(=O)NC(CC(=O)O)C(C)C. The number of aryl methyl sites for hydroxylation is 1. The molecule has 0 fully saturated rings. The maximum atomic E-state index is 12.0. The Morgan fingerprint density at radius 1 is 1.44 bits per heavy atom. The van der Waals surface area contributed by atoms with Crippen LogP contribution in [0.2, 0.25) is 0 Å². The van der Waals surface area contributed by atoms with Gasteiger partial charge < -0.3 is 10.4 Å². The summed E-state index contributed by atoms with van der Waals surface area (Å²) >= 11 is 0. The third-order valence-electron chi connectivity index (χ3n) is 2.78. The summed E-state index contributed by atoms with van der Waals surface area (Å²) < 4.78 is 0. The Bertz CT molecular complexity index is 444. The van der Waals surface area contributed by atoms with Crippen LogP contribution in [0.5, 0.6) is 0 Å². The lowest BCUT2D eigenvalue weighted by molar-refractivity contribution is -0.137. The molecule has 98 valence electrons. The number of nitrogens with one attached hydrogen (secondary N) is 1. The van der Waals surface area contributed by atoms with E-state index in [1.54, 1.807) is 25.4 Å². The molecule has 1 aromatic heterocycles. The van der Waals surface area contributed by atoms with Crippen LogP contribution in [0.25, 0.3) is 0 Å². The molecule has 0 aromatic carbocycles. The Balaban J connectivity index is 2.79. The highest BCUT2D eigenvalue weighted by molar-refractivity contribution is 5.95. The van der Waals surface area contributed by atoms with Crippen molar-refractivity contribution >= 4 is 11.9 Å². The highest BCUT2D eigenvalue weighted by Crippen LogP contribution is 2.10. The molecule has 1 rings (SSSR count). The van der Waals surface area contributed by atoms with Gasteiger partial charge in [-0.1, -0.05) is 13.8 Å². The van der Waals surface area contributed by atoms with Crippen molar-refractivity contribution in [3.63, 3.8) is 0 Å². The van der Waals surface area contributed by atoms with Crippen LogP contribution in [-0.2, 0) is 4.79 Å². The molecule has 5 heteroatoms. The number of rotatable bonds is 5. The van der Waals surface area contributed by atoms with Crippen LogP contribution in [0.1, 0.15) is 36.2 Å². The lowest BCUT2D eigenvalue weighted by atomic mass is 10.00. The van der Waals surface area contributed by atoms with Gasteiger partial charge in [0.05, 0.1) is 6.42 Å². The molecule has 0 saturated heterocycles. The summed E-state index contributed by atoms with van der Waals surface area (Å²) in [6, 6.07) is 1.26. The molecule has 5 nitrogen and oxygen atoms in total. The molecule has 0 bridgehead atoms. The number of carbonyl (C=O) groups excluding carboxylic acids is 1. The standard InChI is InChI=1S/C13H18N2O3/c1-8(2)11(6-12(16)17)15-13(18)10-4-5-14-7-9(10)3/h4-5,7-8,11H,6H2,1-3H3,(H,15,18)(H,16,17). The maximum absolute atomic E-state index is 12.0. The van der Waals surface area contributed by atoms with E-state index in [1.165, 1.54) is 0 Å². The maximum Gasteiger partial charge on any atom is 0.305 e. The van der Waals surface area contributed by atoms with Crippen molar-refractivity contribution in [2.45, 2.75) is 33.2 Å². The van der Waals surface area contributed by atoms with Gasteiger partial charge in [0.15, 0.2) is 0 Å². The number of aromatic nitrogens is 1. The summed E-state index contributed by atoms with van der Waals surface area (Å²) in [4.78, 5) is 26.7. The number of carboxylic acids is 1. The largest absolute Gasteiger partial charge is 0.481 e. The molecule has 1 atom stereocenters. The first-order valence-corrected chi connectivity index (χ1v) is 5.85. The zero-order valence-electron chi connectivity index (χ0n) is 10.8. The van der Waals surface area contributed by atoms with Gasteiger partial charge >= 0.3 is 5.97 Å². The molecule has 1 aromatic rings. The van der Waals surface area contributed by atoms with Gasteiger partial charge in [-0.15, -0.1) is 0 Å². The average Bonchev–Trinajstić information content (AvgIpc) is 2.27. The molecule has 0 aliphatic heterocycles. The highest BCUT2D eigenvalue weighted by atomic mass is 16.4. The van der Waals surface area contributed by atoms with Gasteiger partial charge in [-0.25, -0.2) is 0 Å². The lowest BCUT2D eigenvalue weighted by Crippen LogP contribution is -2.40. The van der Waals surface area contributed by atoms with Crippen LogP contribution >= 0.6 is 0 Å². The van der Waals surface area contributed by atoms with Crippen molar-refractivity contribution < 1.29 is 14.7 Å². The van der Waals surface area contributed by atoms with E-state index >= 15 is 0 Å². The number of carboxylic acid groups (broad SMARTS) is 1. The first-order valence-electron chi connectivity index (χ1n) is 5.85. The predicted octanol–water partition coefficient (Wildman–Crippen LogP) is 1.62. The van der Waals surface area contributed by atoms with Gasteiger partial charge in [-0.3, -0.25) is 14.6 Å². The summed E-state index contributed by atoms with van der Waals surface area (Å²) in [6.45, 7) is 5.56. The summed E-state index contributed by atoms with van der Waals surface area (Å²) in [7, 11) is 0.